The van der Waals surface area contributed by atoms with Crippen molar-refractivity contribution < 1.29 is 4.79 Å². The van der Waals surface area contributed by atoms with Gasteiger partial charge in [0.15, 0.2) is 0 Å². The molecule has 0 radical (unpaired) electrons. The van der Waals surface area contributed by atoms with Gasteiger partial charge in [0, 0.05) is 42.6 Å². The fourth-order valence-electron chi connectivity index (χ4n) is 3.00. The molecule has 4 aromatic rings. The average molecular weight is 357 g/mol. The van der Waals surface area contributed by atoms with Crippen LogP contribution in [-0.2, 0) is 13.6 Å². The van der Waals surface area contributed by atoms with Gasteiger partial charge in [-0.2, -0.15) is 5.10 Å². The number of carbonyl (C=O) groups is 1. The molecule has 2 N–H and O–H groups in total. The summed E-state index contributed by atoms with van der Waals surface area (Å²) >= 11 is 0. The van der Waals surface area contributed by atoms with Gasteiger partial charge in [-0.3, -0.25) is 9.67 Å². The average Bonchev–Trinajstić information content (AvgIpc) is 3.05. The van der Waals surface area contributed by atoms with E-state index in [0.717, 1.165) is 33.4 Å². The Balaban J connectivity index is 1.45. The van der Waals surface area contributed by atoms with Crippen LogP contribution in [0.25, 0.3) is 22.2 Å². The van der Waals surface area contributed by atoms with Crippen molar-refractivity contribution in [1.29, 1.82) is 0 Å². The second kappa shape index (κ2) is 7.29. The number of rotatable bonds is 4. The Hall–Kier alpha value is -3.67. The minimum absolute atomic E-state index is 0.247. The van der Waals surface area contributed by atoms with E-state index in [9.17, 15) is 4.79 Å². The van der Waals surface area contributed by atoms with Gasteiger partial charge in [0.1, 0.15) is 5.69 Å². The summed E-state index contributed by atoms with van der Waals surface area (Å²) in [5.41, 5.74) is 4.75. The molecular weight excluding hydrogens is 338 g/mol. The fourth-order valence-corrected chi connectivity index (χ4v) is 3.00. The van der Waals surface area contributed by atoms with E-state index in [0.29, 0.717) is 6.54 Å². The Labute approximate surface area is 156 Å². The first kappa shape index (κ1) is 16.8. The van der Waals surface area contributed by atoms with Gasteiger partial charge in [0.05, 0.1) is 5.52 Å². The van der Waals surface area contributed by atoms with Crippen LogP contribution in [0, 0.1) is 0 Å². The summed E-state index contributed by atoms with van der Waals surface area (Å²) in [6.45, 7) is 0.451. The van der Waals surface area contributed by atoms with Gasteiger partial charge >= 0.3 is 6.03 Å². The number of aromatic nitrogens is 3. The van der Waals surface area contributed by atoms with E-state index in [-0.39, 0.29) is 6.03 Å². The molecule has 0 fully saturated rings. The molecule has 0 spiro atoms. The number of amides is 2. The number of para-hydroxylation sites is 1. The van der Waals surface area contributed by atoms with Crippen molar-refractivity contribution in [3.63, 3.8) is 0 Å². The largest absolute Gasteiger partial charge is 0.334 e. The third-order valence-corrected chi connectivity index (χ3v) is 4.38. The van der Waals surface area contributed by atoms with Crippen molar-refractivity contribution in [2.24, 2.45) is 7.05 Å². The normalized spacial score (nSPS) is 10.7. The third-order valence-electron chi connectivity index (χ3n) is 4.38. The van der Waals surface area contributed by atoms with E-state index in [1.54, 1.807) is 12.4 Å². The molecule has 0 bridgehead atoms. The Kier molecular flexibility index (Phi) is 4.53. The Bertz CT molecular complexity index is 1070. The number of anilines is 1. The molecule has 6 heteroatoms. The lowest BCUT2D eigenvalue weighted by atomic mass is 10.1. The van der Waals surface area contributed by atoms with E-state index in [2.05, 4.69) is 32.8 Å². The first-order chi connectivity index (χ1) is 13.2. The molecule has 2 heterocycles. The topological polar surface area (TPSA) is 71.8 Å². The molecule has 6 nitrogen and oxygen atoms in total. The summed E-state index contributed by atoms with van der Waals surface area (Å²) in [7, 11) is 1.94. The van der Waals surface area contributed by atoms with E-state index in [1.807, 2.05) is 60.3 Å². The number of carbonyl (C=O) groups excluding carboxylic acids is 1. The summed E-state index contributed by atoms with van der Waals surface area (Å²) in [5.74, 6) is 0. The van der Waals surface area contributed by atoms with Crippen molar-refractivity contribution >= 4 is 22.6 Å². The lowest BCUT2D eigenvalue weighted by Crippen LogP contribution is -2.28. The van der Waals surface area contributed by atoms with Gasteiger partial charge in [0.2, 0.25) is 0 Å². The highest BCUT2D eigenvalue weighted by atomic mass is 16.2. The molecule has 0 saturated heterocycles. The van der Waals surface area contributed by atoms with E-state index in [4.69, 9.17) is 0 Å². The number of fused-ring (bicyclic) bond motifs is 1. The lowest BCUT2D eigenvalue weighted by Gasteiger charge is -2.08. The molecule has 4 rings (SSSR count). The zero-order valence-corrected chi connectivity index (χ0v) is 14.9. The number of aryl methyl sites for hydroxylation is 1. The van der Waals surface area contributed by atoms with Gasteiger partial charge in [-0.05, 0) is 35.9 Å². The summed E-state index contributed by atoms with van der Waals surface area (Å²) in [6, 6.07) is 19.3. The molecule has 0 aliphatic heterocycles. The zero-order valence-electron chi connectivity index (χ0n) is 14.9. The molecule has 0 aliphatic rings. The first-order valence-electron chi connectivity index (χ1n) is 8.66. The van der Waals surface area contributed by atoms with Crippen LogP contribution in [0.4, 0.5) is 10.5 Å². The smallest absolute Gasteiger partial charge is 0.319 e. The molecule has 0 atom stereocenters. The molecule has 0 unspecified atom stereocenters. The van der Waals surface area contributed by atoms with Crippen molar-refractivity contribution in [2.75, 3.05) is 5.32 Å². The zero-order chi connectivity index (χ0) is 18.6. The number of hydrogen-bond acceptors (Lipinski definition) is 3. The molecule has 0 saturated carbocycles. The van der Waals surface area contributed by atoms with Gasteiger partial charge in [0.25, 0.3) is 0 Å². The van der Waals surface area contributed by atoms with Crippen LogP contribution in [0.3, 0.4) is 0 Å². The molecule has 2 aromatic carbocycles. The number of urea groups is 1. The number of nitrogens with zero attached hydrogens (tertiary/aromatic N) is 3. The Morgan fingerprint density at radius 3 is 2.52 bits per heavy atom. The number of hydrogen-bond donors (Lipinski definition) is 2. The lowest BCUT2D eigenvalue weighted by molar-refractivity contribution is 0.251. The van der Waals surface area contributed by atoms with Gasteiger partial charge < -0.3 is 10.6 Å². The third kappa shape index (κ3) is 3.64. The summed E-state index contributed by atoms with van der Waals surface area (Å²) in [4.78, 5) is 16.0. The van der Waals surface area contributed by atoms with Crippen LogP contribution in [0.1, 0.15) is 5.56 Å². The Morgan fingerprint density at radius 2 is 1.74 bits per heavy atom. The highest BCUT2D eigenvalue weighted by molar-refractivity contribution is 5.94. The van der Waals surface area contributed by atoms with E-state index in [1.165, 1.54) is 0 Å². The van der Waals surface area contributed by atoms with Crippen LogP contribution in [0.15, 0.2) is 73.1 Å². The molecule has 0 aliphatic carbocycles. The van der Waals surface area contributed by atoms with Crippen molar-refractivity contribution in [1.82, 2.24) is 20.1 Å². The molecule has 2 amide bonds. The van der Waals surface area contributed by atoms with Crippen molar-refractivity contribution in [3.05, 3.63) is 78.6 Å². The number of nitrogens with one attached hydrogen (secondary N) is 2. The quantitative estimate of drug-likeness (QED) is 0.581. The minimum Gasteiger partial charge on any atom is -0.334 e. The standard InChI is InChI=1S/C21H19N5O/c1-26-19-5-3-2-4-18(19)20(25-26)16-6-8-17(9-7-16)24-21(27)23-14-15-10-12-22-13-11-15/h2-13H,14H2,1H3,(H2,23,24,27). The second-order valence-electron chi connectivity index (χ2n) is 6.23. The molecule has 2 aromatic heterocycles. The van der Waals surface area contributed by atoms with Crippen LogP contribution < -0.4 is 10.6 Å². The summed E-state index contributed by atoms with van der Waals surface area (Å²) in [6.07, 6.45) is 3.41. The summed E-state index contributed by atoms with van der Waals surface area (Å²) < 4.78 is 1.88. The maximum absolute atomic E-state index is 12.1. The van der Waals surface area contributed by atoms with Crippen LogP contribution in [-0.4, -0.2) is 20.8 Å². The highest BCUT2D eigenvalue weighted by Crippen LogP contribution is 2.28. The first-order valence-corrected chi connectivity index (χ1v) is 8.66. The van der Waals surface area contributed by atoms with Crippen LogP contribution in [0.5, 0.6) is 0 Å². The van der Waals surface area contributed by atoms with Gasteiger partial charge in [-0.15, -0.1) is 0 Å². The number of pyridine rings is 1. The molecule has 27 heavy (non-hydrogen) atoms. The SMILES string of the molecule is Cn1nc(-c2ccc(NC(=O)NCc3ccncc3)cc2)c2ccccc21. The minimum atomic E-state index is -0.247. The maximum atomic E-state index is 12.1. The predicted molar refractivity (Wildman–Crippen MR) is 106 cm³/mol. The molecule has 134 valence electrons. The van der Waals surface area contributed by atoms with Gasteiger partial charge in [-0.25, -0.2) is 4.79 Å². The van der Waals surface area contributed by atoms with Crippen LogP contribution >= 0.6 is 0 Å². The van der Waals surface area contributed by atoms with E-state index >= 15 is 0 Å². The second-order valence-corrected chi connectivity index (χ2v) is 6.23. The highest BCUT2D eigenvalue weighted by Gasteiger charge is 2.10. The maximum Gasteiger partial charge on any atom is 0.319 e. The predicted octanol–water partition coefficient (Wildman–Crippen LogP) is 3.96. The fraction of sp³-hybridized carbons (Fsp3) is 0.0952. The molecular formula is C21H19N5O. The summed E-state index contributed by atoms with van der Waals surface area (Å²) in [5, 5.41) is 11.4. The number of benzene rings is 2. The monoisotopic (exact) mass is 357 g/mol. The van der Waals surface area contributed by atoms with Crippen LogP contribution in [0.2, 0.25) is 0 Å². The van der Waals surface area contributed by atoms with Crippen molar-refractivity contribution in [3.8, 4) is 11.3 Å². The Morgan fingerprint density at radius 1 is 1.00 bits per heavy atom. The van der Waals surface area contributed by atoms with E-state index < -0.39 is 0 Å². The van der Waals surface area contributed by atoms with Crippen molar-refractivity contribution in [2.45, 2.75) is 6.54 Å². The van der Waals surface area contributed by atoms with Gasteiger partial charge in [-0.1, -0.05) is 30.3 Å².